The first kappa shape index (κ1) is 31.3. The number of halogens is 2. The smallest absolute Gasteiger partial charge is 0.302 e. The summed E-state index contributed by atoms with van der Waals surface area (Å²) in [4.78, 5) is 56.4. The summed E-state index contributed by atoms with van der Waals surface area (Å²) in [5.74, 6) is -4.76. The topological polar surface area (TPSA) is 120 Å². The summed E-state index contributed by atoms with van der Waals surface area (Å²) in [6.07, 6.45) is 3.81. The SMILES string of the molecule is CN[C@@H](C)C(=O)N[C@H](C(=O)N1C[C@H]2CC(F)(F)CN2C[C@H]1C(=O)N[C@@H]1c2ccccc2C[C@@H]1OC(C)=O)C1CCCCC1. The van der Waals surface area contributed by atoms with E-state index in [1.54, 1.807) is 18.9 Å². The summed E-state index contributed by atoms with van der Waals surface area (Å²) in [5, 5.41) is 8.85. The van der Waals surface area contributed by atoms with E-state index in [0.717, 1.165) is 43.2 Å². The van der Waals surface area contributed by atoms with Crippen LogP contribution in [-0.2, 0) is 30.3 Å². The van der Waals surface area contributed by atoms with Gasteiger partial charge >= 0.3 is 5.97 Å². The molecule has 2 heterocycles. The number of rotatable bonds is 8. The lowest BCUT2D eigenvalue weighted by Crippen LogP contribution is -2.66. The molecule has 6 atom stereocenters. The van der Waals surface area contributed by atoms with Gasteiger partial charge in [-0.05, 0) is 43.9 Å². The molecule has 4 aliphatic rings. The third kappa shape index (κ3) is 6.85. The number of hydrogen-bond acceptors (Lipinski definition) is 7. The molecule has 2 saturated heterocycles. The molecule has 12 heteroatoms. The van der Waals surface area contributed by atoms with Gasteiger partial charge in [0.05, 0.1) is 18.6 Å². The van der Waals surface area contributed by atoms with Gasteiger partial charge in [-0.2, -0.15) is 0 Å². The van der Waals surface area contributed by atoms with Crippen molar-refractivity contribution >= 4 is 23.7 Å². The predicted molar refractivity (Wildman–Crippen MR) is 154 cm³/mol. The Bertz CT molecular complexity index is 1220. The lowest BCUT2D eigenvalue weighted by atomic mass is 9.82. The molecule has 1 aromatic carbocycles. The molecule has 10 nitrogen and oxygen atoms in total. The Morgan fingerprint density at radius 1 is 1.07 bits per heavy atom. The van der Waals surface area contributed by atoms with Crippen molar-refractivity contribution in [1.82, 2.24) is 25.8 Å². The summed E-state index contributed by atoms with van der Waals surface area (Å²) in [7, 11) is 1.66. The molecule has 236 valence electrons. The van der Waals surface area contributed by atoms with Gasteiger partial charge in [0.2, 0.25) is 17.7 Å². The molecule has 3 fully saturated rings. The highest BCUT2D eigenvalue weighted by Crippen LogP contribution is 2.38. The molecular weight excluding hydrogens is 560 g/mol. The minimum atomic E-state index is -2.92. The van der Waals surface area contributed by atoms with Crippen LogP contribution in [0, 0.1) is 5.92 Å². The van der Waals surface area contributed by atoms with E-state index in [4.69, 9.17) is 4.74 Å². The van der Waals surface area contributed by atoms with Gasteiger partial charge in [0.1, 0.15) is 18.2 Å². The minimum absolute atomic E-state index is 0.0399. The average Bonchev–Trinajstić information content (AvgIpc) is 3.48. The van der Waals surface area contributed by atoms with Crippen LogP contribution in [0.15, 0.2) is 24.3 Å². The van der Waals surface area contributed by atoms with Crippen LogP contribution in [0.5, 0.6) is 0 Å². The minimum Gasteiger partial charge on any atom is -0.460 e. The molecule has 0 radical (unpaired) electrons. The van der Waals surface area contributed by atoms with E-state index in [1.165, 1.54) is 11.8 Å². The Labute approximate surface area is 251 Å². The lowest BCUT2D eigenvalue weighted by molar-refractivity contribution is -0.151. The first-order valence-electron chi connectivity index (χ1n) is 15.4. The van der Waals surface area contributed by atoms with Crippen LogP contribution in [0.4, 0.5) is 8.78 Å². The second kappa shape index (κ2) is 12.9. The van der Waals surface area contributed by atoms with Crippen molar-refractivity contribution in [2.24, 2.45) is 5.92 Å². The Morgan fingerprint density at radius 2 is 1.79 bits per heavy atom. The Hall–Kier alpha value is -3.12. The molecule has 0 unspecified atom stereocenters. The van der Waals surface area contributed by atoms with Gasteiger partial charge in [-0.1, -0.05) is 43.5 Å². The van der Waals surface area contributed by atoms with Crippen LogP contribution in [0.2, 0.25) is 0 Å². The molecular formula is C31H43F2N5O5. The Kier molecular flexibility index (Phi) is 9.36. The molecule has 1 aromatic rings. The number of nitrogens with one attached hydrogen (secondary N) is 3. The number of carbonyl (C=O) groups excluding carboxylic acids is 4. The first-order chi connectivity index (χ1) is 20.5. The molecule has 43 heavy (non-hydrogen) atoms. The third-order valence-electron chi connectivity index (χ3n) is 9.57. The molecule has 0 spiro atoms. The highest BCUT2D eigenvalue weighted by atomic mass is 19.3. The van der Waals surface area contributed by atoms with E-state index in [0.29, 0.717) is 6.42 Å². The molecule has 2 aliphatic heterocycles. The van der Waals surface area contributed by atoms with Crippen LogP contribution >= 0.6 is 0 Å². The maximum Gasteiger partial charge on any atom is 0.302 e. The monoisotopic (exact) mass is 603 g/mol. The van der Waals surface area contributed by atoms with Crippen LogP contribution < -0.4 is 16.0 Å². The fraction of sp³-hybridized carbons (Fsp3) is 0.677. The van der Waals surface area contributed by atoms with Crippen molar-refractivity contribution in [3.8, 4) is 0 Å². The zero-order valence-electron chi connectivity index (χ0n) is 25.1. The van der Waals surface area contributed by atoms with Crippen molar-refractivity contribution in [1.29, 1.82) is 0 Å². The zero-order valence-corrected chi connectivity index (χ0v) is 25.1. The number of likely N-dealkylation sites (N-methyl/N-ethyl adjacent to an activating group) is 1. The van der Waals surface area contributed by atoms with Crippen molar-refractivity contribution in [2.75, 3.05) is 26.7 Å². The number of fused-ring (bicyclic) bond motifs is 2. The van der Waals surface area contributed by atoms with Crippen molar-refractivity contribution < 1.29 is 32.7 Å². The number of benzene rings is 1. The van der Waals surface area contributed by atoms with Crippen molar-refractivity contribution in [3.63, 3.8) is 0 Å². The van der Waals surface area contributed by atoms with Gasteiger partial charge in [0.15, 0.2) is 0 Å². The second-order valence-corrected chi connectivity index (χ2v) is 12.6. The standard InChI is InChI=1S/C31H43F2N5O5/c1-18(34-3)28(40)35-26(20-9-5-4-6-10-20)30(42)38-15-22-14-31(32,33)17-37(22)16-24(38)29(41)36-27-23-12-8-7-11-21(23)13-25(27)43-19(2)39/h7-8,11-12,18,20,22,24-27,34H,4-6,9-10,13-17H2,1-3H3,(H,35,40)(H,36,41)/t18-,22+,24-,25-,26-,27+/m0/s1. The fourth-order valence-electron chi connectivity index (χ4n) is 7.24. The number of esters is 1. The Morgan fingerprint density at radius 3 is 2.49 bits per heavy atom. The molecule has 3 amide bonds. The van der Waals surface area contributed by atoms with E-state index in [2.05, 4.69) is 16.0 Å². The van der Waals surface area contributed by atoms with Crippen LogP contribution in [0.1, 0.15) is 69.5 Å². The molecule has 1 saturated carbocycles. The maximum absolute atomic E-state index is 14.6. The number of piperazine rings is 1. The lowest BCUT2D eigenvalue weighted by Gasteiger charge is -2.45. The summed E-state index contributed by atoms with van der Waals surface area (Å²) in [6.45, 7) is 2.44. The normalized spacial score (nSPS) is 28.3. The van der Waals surface area contributed by atoms with Gasteiger partial charge in [-0.15, -0.1) is 0 Å². The summed E-state index contributed by atoms with van der Waals surface area (Å²) >= 11 is 0. The van der Waals surface area contributed by atoms with Gasteiger partial charge in [-0.25, -0.2) is 8.78 Å². The maximum atomic E-state index is 14.6. The number of ether oxygens (including phenoxy) is 1. The zero-order chi connectivity index (χ0) is 30.9. The summed E-state index contributed by atoms with van der Waals surface area (Å²) < 4.78 is 34.7. The first-order valence-corrected chi connectivity index (χ1v) is 15.4. The molecule has 0 bridgehead atoms. The highest BCUT2D eigenvalue weighted by molar-refractivity contribution is 5.93. The van der Waals surface area contributed by atoms with Crippen LogP contribution in [0.3, 0.4) is 0 Å². The van der Waals surface area contributed by atoms with E-state index >= 15 is 0 Å². The second-order valence-electron chi connectivity index (χ2n) is 12.6. The fourth-order valence-corrected chi connectivity index (χ4v) is 7.24. The summed E-state index contributed by atoms with van der Waals surface area (Å²) in [5.41, 5.74) is 1.75. The number of nitrogens with zero attached hydrogens (tertiary/aromatic N) is 2. The third-order valence-corrected chi connectivity index (χ3v) is 9.57. The van der Waals surface area contributed by atoms with Gasteiger partial charge in [0.25, 0.3) is 5.92 Å². The van der Waals surface area contributed by atoms with Gasteiger partial charge in [-0.3, -0.25) is 24.1 Å². The number of alkyl halides is 2. The number of hydrogen-bond donors (Lipinski definition) is 3. The number of amides is 3. The Balaban J connectivity index is 1.44. The van der Waals surface area contributed by atoms with Gasteiger partial charge < -0.3 is 25.6 Å². The van der Waals surface area contributed by atoms with E-state index in [-0.39, 0.29) is 24.9 Å². The average molecular weight is 604 g/mol. The predicted octanol–water partition coefficient (Wildman–Crippen LogP) is 1.93. The molecule has 5 rings (SSSR count). The highest BCUT2D eigenvalue weighted by Gasteiger charge is 2.52. The van der Waals surface area contributed by atoms with Crippen LogP contribution in [0.25, 0.3) is 0 Å². The van der Waals surface area contributed by atoms with E-state index < -0.39 is 73.0 Å². The number of carbonyl (C=O) groups is 4. The van der Waals surface area contributed by atoms with Crippen molar-refractivity contribution in [2.45, 2.75) is 101 Å². The van der Waals surface area contributed by atoms with E-state index in [9.17, 15) is 28.0 Å². The largest absolute Gasteiger partial charge is 0.460 e. The molecule has 0 aromatic heterocycles. The quantitative estimate of drug-likeness (QED) is 0.389. The molecule has 2 aliphatic carbocycles. The summed E-state index contributed by atoms with van der Waals surface area (Å²) in [6, 6.07) is 3.78. The van der Waals surface area contributed by atoms with Crippen molar-refractivity contribution in [3.05, 3.63) is 35.4 Å². The molecule has 3 N–H and O–H groups in total. The van der Waals surface area contributed by atoms with E-state index in [1.807, 2.05) is 24.3 Å². The van der Waals surface area contributed by atoms with Gasteiger partial charge in [0, 0.05) is 38.9 Å². The van der Waals surface area contributed by atoms with Crippen LogP contribution in [-0.4, -0.2) is 96.4 Å².